The van der Waals surface area contributed by atoms with Gasteiger partial charge in [-0.2, -0.15) is 4.99 Å². The van der Waals surface area contributed by atoms with Crippen LogP contribution >= 0.6 is 0 Å². The molecule has 0 radical (unpaired) electrons. The Morgan fingerprint density at radius 2 is 2.17 bits per heavy atom. The molecule has 2 saturated heterocycles. The van der Waals surface area contributed by atoms with E-state index in [1.165, 1.54) is 0 Å². The molecule has 0 aromatic rings. The first-order valence-electron chi connectivity index (χ1n) is 6.72. The van der Waals surface area contributed by atoms with E-state index in [1.54, 1.807) is 0 Å². The second-order valence-electron chi connectivity index (χ2n) is 5.19. The third kappa shape index (κ3) is 1.52. The van der Waals surface area contributed by atoms with Gasteiger partial charge in [0, 0.05) is 12.1 Å². The van der Waals surface area contributed by atoms with Crippen LogP contribution in [0.5, 0.6) is 0 Å². The zero-order valence-electron chi connectivity index (χ0n) is 11.2. The highest BCUT2D eigenvalue weighted by atomic mass is 16.6. The Morgan fingerprint density at radius 3 is 2.83 bits per heavy atom. The van der Waals surface area contributed by atoms with Gasteiger partial charge in [0.1, 0.15) is 0 Å². The van der Waals surface area contributed by atoms with Crippen molar-refractivity contribution in [3.05, 3.63) is 24.0 Å². The fourth-order valence-electron chi connectivity index (χ4n) is 3.04. The molecule has 0 aromatic carbocycles. The molecule has 2 unspecified atom stereocenters. The van der Waals surface area contributed by atoms with Crippen LogP contribution in [-0.4, -0.2) is 29.4 Å². The van der Waals surface area contributed by atoms with Crippen molar-refractivity contribution in [3.63, 3.8) is 0 Å². The average Bonchev–Trinajstić information content (AvgIpc) is 2.85. The molecule has 4 nitrogen and oxygen atoms in total. The predicted octanol–water partition coefficient (Wildman–Crippen LogP) is 2.64. The topological polar surface area (TPSA) is 34.1 Å². The first-order chi connectivity index (χ1) is 8.65. The van der Waals surface area contributed by atoms with E-state index in [2.05, 4.69) is 25.4 Å². The van der Waals surface area contributed by atoms with Gasteiger partial charge in [0.05, 0.1) is 11.8 Å². The van der Waals surface area contributed by atoms with Gasteiger partial charge in [-0.05, 0) is 25.3 Å². The summed E-state index contributed by atoms with van der Waals surface area (Å²) in [5.74, 6) is 0.454. The molecule has 3 aliphatic heterocycles. The molecule has 3 heterocycles. The van der Waals surface area contributed by atoms with Crippen LogP contribution in [0.15, 0.2) is 29.0 Å². The minimum absolute atomic E-state index is 0.0123. The van der Waals surface area contributed by atoms with Gasteiger partial charge in [-0.15, -0.1) is 0 Å². The normalized spacial score (nSPS) is 37.9. The largest absolute Gasteiger partial charge is 0.456 e. The lowest BCUT2D eigenvalue weighted by Crippen LogP contribution is -2.33. The average molecular weight is 248 g/mol. The van der Waals surface area contributed by atoms with E-state index in [0.29, 0.717) is 18.0 Å². The van der Waals surface area contributed by atoms with Crippen LogP contribution in [0, 0.1) is 5.92 Å². The number of nitrogens with zero attached hydrogens (tertiary/aromatic N) is 2. The second kappa shape index (κ2) is 4.12. The zero-order chi connectivity index (χ0) is 12.9. The molecular weight excluding hydrogens is 228 g/mol. The summed E-state index contributed by atoms with van der Waals surface area (Å²) in [4.78, 5) is 6.43. The summed E-state index contributed by atoms with van der Waals surface area (Å²) >= 11 is 0. The highest BCUT2D eigenvalue weighted by Gasteiger charge is 2.53. The Balaban J connectivity index is 1.90. The van der Waals surface area contributed by atoms with Crippen molar-refractivity contribution < 1.29 is 9.47 Å². The Kier molecular flexibility index (Phi) is 2.70. The van der Waals surface area contributed by atoms with E-state index in [1.807, 2.05) is 18.0 Å². The zero-order valence-corrected chi connectivity index (χ0v) is 11.2. The van der Waals surface area contributed by atoms with Crippen LogP contribution in [0.2, 0.25) is 0 Å². The van der Waals surface area contributed by atoms with Crippen LogP contribution in [0.25, 0.3) is 0 Å². The minimum atomic E-state index is -0.0123. The van der Waals surface area contributed by atoms with Crippen molar-refractivity contribution in [2.24, 2.45) is 10.9 Å². The molecule has 0 N–H and O–H groups in total. The van der Waals surface area contributed by atoms with Crippen LogP contribution in [-0.2, 0) is 9.47 Å². The number of hydrogen-bond acceptors (Lipinski definition) is 4. The van der Waals surface area contributed by atoms with Crippen LogP contribution in [0.3, 0.4) is 0 Å². The van der Waals surface area contributed by atoms with E-state index in [9.17, 15) is 0 Å². The Labute approximate surface area is 108 Å². The summed E-state index contributed by atoms with van der Waals surface area (Å²) in [5.41, 5.74) is 1.85. The van der Waals surface area contributed by atoms with E-state index in [4.69, 9.17) is 9.47 Å². The molecule has 0 spiro atoms. The summed E-state index contributed by atoms with van der Waals surface area (Å²) < 4.78 is 12.1. The maximum absolute atomic E-state index is 6.14. The molecule has 0 saturated carbocycles. The van der Waals surface area contributed by atoms with Crippen molar-refractivity contribution in [2.45, 2.75) is 52.0 Å². The van der Waals surface area contributed by atoms with E-state index in [-0.39, 0.29) is 12.3 Å². The minimum Gasteiger partial charge on any atom is -0.456 e. The molecule has 98 valence electrons. The Morgan fingerprint density at radius 1 is 1.39 bits per heavy atom. The van der Waals surface area contributed by atoms with Crippen LogP contribution in [0.4, 0.5) is 0 Å². The van der Waals surface area contributed by atoms with Crippen molar-refractivity contribution in [1.82, 2.24) is 4.90 Å². The third-order valence-electron chi connectivity index (χ3n) is 4.12. The Bertz CT molecular complexity index is 441. The lowest BCUT2D eigenvalue weighted by molar-refractivity contribution is -0.0141. The molecule has 4 atom stereocenters. The smallest absolute Gasteiger partial charge is 0.299 e. The van der Waals surface area contributed by atoms with Gasteiger partial charge in [-0.3, -0.25) is 4.90 Å². The highest BCUT2D eigenvalue weighted by Crippen LogP contribution is 2.41. The molecule has 0 amide bonds. The number of hydrogen-bond donors (Lipinski definition) is 0. The standard InChI is InChI=1S/C14H20N2O2/c1-5-10-11(6-2)17-13-12(10)18-14-15-9(4)8(3)7-16(13)14/h7,10-13H,4-6H2,1-3H3/t10?,11-,12?,13-/m1/s1. The third-order valence-corrected chi connectivity index (χ3v) is 4.12. The number of rotatable bonds is 2. The first kappa shape index (κ1) is 11.8. The first-order valence-corrected chi connectivity index (χ1v) is 6.72. The van der Waals surface area contributed by atoms with Gasteiger partial charge < -0.3 is 9.47 Å². The van der Waals surface area contributed by atoms with Gasteiger partial charge in [0.15, 0.2) is 12.3 Å². The monoisotopic (exact) mass is 248 g/mol. The molecule has 3 aliphatic rings. The van der Waals surface area contributed by atoms with Gasteiger partial charge in [-0.1, -0.05) is 20.4 Å². The molecular formula is C14H20N2O2. The molecule has 0 aromatic heterocycles. The van der Waals surface area contributed by atoms with Crippen LogP contribution < -0.4 is 0 Å². The number of fused-ring (bicyclic) bond motifs is 3. The van der Waals surface area contributed by atoms with E-state index < -0.39 is 0 Å². The number of allylic oxidation sites excluding steroid dienone is 1. The van der Waals surface area contributed by atoms with Crippen molar-refractivity contribution in [3.8, 4) is 0 Å². The summed E-state index contributed by atoms with van der Waals surface area (Å²) in [6.07, 6.45) is 4.54. The van der Waals surface area contributed by atoms with E-state index >= 15 is 0 Å². The van der Waals surface area contributed by atoms with E-state index in [0.717, 1.165) is 24.1 Å². The second-order valence-corrected chi connectivity index (χ2v) is 5.19. The number of aliphatic imine (C=N–C) groups is 1. The summed E-state index contributed by atoms with van der Waals surface area (Å²) in [6.45, 7) is 10.3. The molecule has 0 bridgehead atoms. The van der Waals surface area contributed by atoms with Gasteiger partial charge in [-0.25, -0.2) is 0 Å². The summed E-state index contributed by atoms with van der Waals surface area (Å²) in [5, 5.41) is 0. The van der Waals surface area contributed by atoms with Crippen molar-refractivity contribution >= 4 is 6.02 Å². The SMILES string of the molecule is C=C1N=C2OC3C(CC)[C@@H](CC)O[C@H]3N2C=C1C. The van der Waals surface area contributed by atoms with Gasteiger partial charge in [0.2, 0.25) is 0 Å². The predicted molar refractivity (Wildman–Crippen MR) is 69.8 cm³/mol. The lowest BCUT2D eigenvalue weighted by Gasteiger charge is -2.24. The quantitative estimate of drug-likeness (QED) is 0.753. The lowest BCUT2D eigenvalue weighted by atomic mass is 9.94. The maximum Gasteiger partial charge on any atom is 0.299 e. The molecule has 4 heteroatoms. The highest BCUT2D eigenvalue weighted by molar-refractivity contribution is 5.81. The number of amidine groups is 1. The van der Waals surface area contributed by atoms with Gasteiger partial charge >= 0.3 is 0 Å². The summed E-state index contributed by atoms with van der Waals surface area (Å²) in [7, 11) is 0. The molecule has 0 aliphatic carbocycles. The maximum atomic E-state index is 6.14. The molecule has 2 fully saturated rings. The molecule has 18 heavy (non-hydrogen) atoms. The summed E-state index contributed by atoms with van der Waals surface area (Å²) in [6, 6.07) is 0.647. The Hall–Kier alpha value is -1.29. The number of ether oxygens (including phenoxy) is 2. The molecule has 3 rings (SSSR count). The van der Waals surface area contributed by atoms with Crippen molar-refractivity contribution in [2.75, 3.05) is 0 Å². The van der Waals surface area contributed by atoms with Crippen LogP contribution in [0.1, 0.15) is 33.6 Å². The van der Waals surface area contributed by atoms with Crippen molar-refractivity contribution in [1.29, 1.82) is 0 Å². The van der Waals surface area contributed by atoms with Gasteiger partial charge in [0.25, 0.3) is 6.02 Å². The fourth-order valence-corrected chi connectivity index (χ4v) is 3.04. The fraction of sp³-hybridized carbons (Fsp3) is 0.643.